The Balaban J connectivity index is 0.000000324. The molecule has 0 aromatic carbocycles. The summed E-state index contributed by atoms with van der Waals surface area (Å²) in [4.78, 5) is 82.5. The Hall–Kier alpha value is -4.66. The lowest BCUT2D eigenvalue weighted by Crippen LogP contribution is -2.38. The van der Waals surface area contributed by atoms with Crippen molar-refractivity contribution >= 4 is 177 Å². The van der Waals surface area contributed by atoms with Crippen LogP contribution in [0.5, 0.6) is 0 Å². The molecule has 5 aliphatic heterocycles. The summed E-state index contributed by atoms with van der Waals surface area (Å²) in [5, 5.41) is 25.2. The number of nitrogens with one attached hydrogen (secondary N) is 2. The Morgan fingerprint density at radius 3 is 1.42 bits per heavy atom. The highest BCUT2D eigenvalue weighted by Gasteiger charge is 2.35. The lowest BCUT2D eigenvalue weighted by Gasteiger charge is -2.26. The van der Waals surface area contributed by atoms with E-state index in [1.54, 1.807) is 75.4 Å². The SMILES string of the molecule is CC(C)(C)OC(=O)N1CCc2ccsc2CC1.CCOC(=O)N(CCc1cccs1)CC(=O)O.CCOC(=O)N1CCc2ccsc2CC1.CCOC(=O)N1CCc2sccc2C(=O)C1.Cl.FC(F)(F)c1cc2c(s1)CCNCC2.FC(F)(F)c1cc2c(s1)CCNCC2.NCCc1cccs1.[B]C.[Cl][Al]([Cl])[Cl]. The van der Waals surface area contributed by atoms with E-state index in [0.29, 0.717) is 45.6 Å². The zero-order valence-corrected chi connectivity index (χ0v) is 71.3. The van der Waals surface area contributed by atoms with Crippen LogP contribution < -0.4 is 16.4 Å². The molecule has 598 valence electrons. The van der Waals surface area contributed by atoms with Crippen molar-refractivity contribution in [2.24, 2.45) is 5.73 Å². The predicted molar refractivity (Wildman–Crippen MR) is 434 cm³/mol. The molecule has 5 N–H and O–H groups in total. The van der Waals surface area contributed by atoms with E-state index in [1.165, 1.54) is 54.5 Å². The summed E-state index contributed by atoms with van der Waals surface area (Å²) in [6.07, 6.45) is -0.616. The number of hydrogen-bond donors (Lipinski definition) is 4. The van der Waals surface area contributed by atoms with Crippen LogP contribution in [0.15, 0.2) is 81.5 Å². The van der Waals surface area contributed by atoms with Crippen LogP contribution in [0.4, 0.5) is 45.5 Å². The van der Waals surface area contributed by atoms with Crippen molar-refractivity contribution in [3.8, 4) is 0 Å². The first-order valence-corrected chi connectivity index (χ1v) is 45.9. The molecule has 0 spiro atoms. The number of nitrogens with zero attached hydrogens (tertiary/aromatic N) is 4. The minimum Gasteiger partial charge on any atom is -0.480 e. The predicted octanol–water partition coefficient (Wildman–Crippen LogP) is 17.6. The van der Waals surface area contributed by atoms with Gasteiger partial charge in [-0.25, -0.2) is 49.3 Å². The number of ketones is 1. The van der Waals surface area contributed by atoms with Crippen LogP contribution in [0.3, 0.4) is 0 Å². The smallest absolute Gasteiger partial charge is 0.480 e. The number of hydrogen-bond acceptors (Lipinski definition) is 20. The highest BCUT2D eigenvalue weighted by molar-refractivity contribution is 7.54. The van der Waals surface area contributed by atoms with Crippen molar-refractivity contribution in [2.45, 2.75) is 137 Å². The van der Waals surface area contributed by atoms with E-state index in [4.69, 9.17) is 59.9 Å². The molecule has 12 rings (SSSR count). The summed E-state index contributed by atoms with van der Waals surface area (Å²) in [5.41, 5.74) is 10.2. The van der Waals surface area contributed by atoms with E-state index < -0.39 is 57.2 Å². The van der Waals surface area contributed by atoms with Gasteiger partial charge in [0.2, 0.25) is 0 Å². The molecule has 0 atom stereocenters. The number of carbonyl (C=O) groups is 6. The topological polar surface area (TPSA) is 223 Å². The molecule has 37 heteroatoms. The van der Waals surface area contributed by atoms with Gasteiger partial charge >= 0.3 is 54.1 Å². The fourth-order valence-corrected chi connectivity index (χ4v) is 16.8. The van der Waals surface area contributed by atoms with E-state index in [-0.39, 0.29) is 50.1 Å². The summed E-state index contributed by atoms with van der Waals surface area (Å²) in [5.74, 6) is -1.04. The number of nitrogens with two attached hydrogens (primary N) is 1. The Morgan fingerprint density at radius 1 is 0.565 bits per heavy atom. The number of Topliss-reactive ketones (excluding diaryl/α,β-unsaturated/α-hetero) is 1. The van der Waals surface area contributed by atoms with Crippen LogP contribution in [0.1, 0.15) is 118 Å². The van der Waals surface area contributed by atoms with Gasteiger partial charge in [-0.1, -0.05) is 19.0 Å². The number of halogens is 10. The summed E-state index contributed by atoms with van der Waals surface area (Å²) < 4.78 is 94.3. The van der Waals surface area contributed by atoms with Crippen molar-refractivity contribution < 1.29 is 79.2 Å². The number of fused-ring (bicyclic) bond motifs is 5. The minimum atomic E-state index is -4.18. The van der Waals surface area contributed by atoms with Gasteiger partial charge in [0.1, 0.15) is 21.9 Å². The van der Waals surface area contributed by atoms with Crippen molar-refractivity contribution in [2.75, 3.05) is 105 Å². The molecule has 0 bridgehead atoms. The van der Waals surface area contributed by atoms with E-state index in [9.17, 15) is 55.1 Å². The third-order valence-corrected chi connectivity index (χ3v) is 22.9. The normalized spacial score (nSPS) is 14.2. The fourth-order valence-electron chi connectivity index (χ4n) is 10.5. The van der Waals surface area contributed by atoms with Crippen LogP contribution in [0.25, 0.3) is 0 Å². The van der Waals surface area contributed by atoms with Gasteiger partial charge in [0.25, 0.3) is 0 Å². The second-order valence-corrected chi connectivity index (χ2v) is 38.0. The molecule has 7 aromatic rings. The maximum Gasteiger partial charge on any atom is 0.643 e. The second-order valence-electron chi connectivity index (χ2n) is 24.3. The highest BCUT2D eigenvalue weighted by atomic mass is 35.8. The fraction of sp³-hybridized carbons (Fsp3) is 0.521. The zero-order chi connectivity index (χ0) is 79.1. The number of amides is 4. The van der Waals surface area contributed by atoms with Crippen molar-refractivity contribution in [3.05, 3.63) is 153 Å². The molecule has 5 aliphatic rings. The standard InChI is InChI=1S/C13H19NO2S.C11H15NO4S.C11H13NO3S.C11H15NO2S.2C9H10F3NS.C6H9NS.CH3B.Al.4ClH/c1-13(2,3)16-12(15)14-7-4-10-6-9-17-11(10)5-8-14;1-2-16-11(15)12(8-10(13)14)6-5-9-4-3-7-17-9;1-2-15-11(14)12-5-3-10-8(4-6-16-10)9(13)7-12;1-2-14-11(13)12-6-3-9-5-8-15-10(9)4-7-12;2*10-9(11,12)8-5-6-1-3-13-4-2-7(6)14-8;7-4-3-6-2-1-5-8-6;1-2;;;;;/h6,9H,4-5,7-8H2,1-3H3;3-4,7H,2,5-6,8H2,1H3,(H,13,14);4,6H,2-3,5,7H2,1H3;5,8H,2-4,6-7H2,1H3;2*5,13H,1-4H2;1-2,5H,3-4,7H2;1H3;;4*1H/q;;;;;;;;+3;;;;/p-3. The Morgan fingerprint density at radius 2 is 0.981 bits per heavy atom. The van der Waals surface area contributed by atoms with E-state index in [1.807, 2.05) is 61.6 Å². The third-order valence-electron chi connectivity index (χ3n) is 15.5. The molecule has 0 saturated carbocycles. The van der Waals surface area contributed by atoms with E-state index in [2.05, 4.69) is 58.9 Å². The molecule has 18 nitrogen and oxygen atoms in total. The van der Waals surface area contributed by atoms with Crippen LogP contribution in [0, 0.1) is 0 Å². The largest absolute Gasteiger partial charge is 0.643 e. The van der Waals surface area contributed by atoms with Crippen molar-refractivity contribution in [3.63, 3.8) is 0 Å². The van der Waals surface area contributed by atoms with E-state index in [0.717, 1.165) is 169 Å². The van der Waals surface area contributed by atoms with Crippen molar-refractivity contribution in [1.82, 2.24) is 30.2 Å². The summed E-state index contributed by atoms with van der Waals surface area (Å²) in [6, 6.07) is 16.8. The first kappa shape index (κ1) is 97.5. The number of ether oxygens (including phenoxy) is 4. The average Bonchev–Trinajstić information content (AvgIpc) is 1.69. The number of carboxylic acid groups (broad SMARTS) is 1. The number of carboxylic acids is 1. The Labute approximate surface area is 681 Å². The second kappa shape index (κ2) is 51.9. The number of thiophene rings is 7. The Bertz CT molecular complexity index is 3570. The lowest BCUT2D eigenvalue weighted by atomic mass is 10.1. The van der Waals surface area contributed by atoms with Crippen LogP contribution >= 0.6 is 122 Å². The molecule has 7 aromatic heterocycles. The minimum absolute atomic E-state index is 0. The molecule has 0 saturated heterocycles. The molecule has 2 radical (unpaired) electrons. The Kier molecular flexibility index (Phi) is 46.8. The zero-order valence-electron chi connectivity index (χ0n) is 61.4. The van der Waals surface area contributed by atoms with Gasteiger partial charge in [-0.2, -0.15) is 26.3 Å². The van der Waals surface area contributed by atoms with Crippen LogP contribution in [-0.2, 0) is 107 Å². The number of carbonyl (C=O) groups excluding carboxylic acids is 5. The number of rotatable bonds is 10. The van der Waals surface area contributed by atoms with Gasteiger partial charge < -0.3 is 55.1 Å². The first-order chi connectivity index (χ1) is 50.9. The van der Waals surface area contributed by atoms with Gasteiger partial charge in [-0.05, 0) is 230 Å². The quantitative estimate of drug-likeness (QED) is 0.0568. The van der Waals surface area contributed by atoms with Gasteiger partial charge in [0, 0.05) is 85.4 Å². The van der Waals surface area contributed by atoms with Gasteiger partial charge in [0.05, 0.1) is 34.2 Å². The van der Waals surface area contributed by atoms with Gasteiger partial charge in [-0.3, -0.25) is 14.5 Å². The molecular formula is C71H95AlBCl4F6N7O11S7. The lowest BCUT2D eigenvalue weighted by molar-refractivity contribution is -0.138. The number of aliphatic carboxylic acids is 1. The van der Waals surface area contributed by atoms with Crippen molar-refractivity contribution in [1.29, 1.82) is 0 Å². The number of alkyl halides is 6. The monoisotopic (exact) mass is 1740 g/mol. The van der Waals surface area contributed by atoms with E-state index >= 15 is 0 Å². The van der Waals surface area contributed by atoms with Gasteiger partial charge in [0.15, 0.2) is 5.78 Å². The molecule has 108 heavy (non-hydrogen) atoms. The molecular weight excluding hydrogens is 1640 g/mol. The van der Waals surface area contributed by atoms with Crippen LogP contribution in [0.2, 0.25) is 6.82 Å². The summed E-state index contributed by atoms with van der Waals surface area (Å²) in [7, 11) is 19.3. The molecule has 4 amide bonds. The van der Waals surface area contributed by atoms with Crippen LogP contribution in [-0.4, -0.2) is 191 Å². The third kappa shape index (κ3) is 36.9. The summed E-state index contributed by atoms with van der Waals surface area (Å²) in [6.45, 7) is 21.2. The maximum absolute atomic E-state index is 12.4. The molecule has 0 aliphatic carbocycles. The molecule has 0 fully saturated rings. The maximum atomic E-state index is 12.4. The molecule has 12 heterocycles. The summed E-state index contributed by atoms with van der Waals surface area (Å²) >= 11 is 8.55. The first-order valence-electron chi connectivity index (χ1n) is 34.6. The average molecular weight is 1740 g/mol. The highest BCUT2D eigenvalue weighted by Crippen LogP contribution is 2.39. The van der Waals surface area contributed by atoms with Gasteiger partial charge in [-0.15, -0.1) is 91.8 Å². The molecule has 0 unspecified atom stereocenters.